The van der Waals surface area contributed by atoms with Gasteiger partial charge in [0.05, 0.1) is 5.60 Å². The molecule has 0 radical (unpaired) electrons. The van der Waals surface area contributed by atoms with Crippen LogP contribution in [-0.4, -0.2) is 28.4 Å². The molecule has 0 aromatic carbocycles. The number of carboxylic acid groups (broad SMARTS) is 1. The van der Waals surface area contributed by atoms with E-state index in [0.29, 0.717) is 12.8 Å². The lowest BCUT2D eigenvalue weighted by atomic mass is 9.97. The van der Waals surface area contributed by atoms with Crippen LogP contribution in [0.15, 0.2) is 0 Å². The van der Waals surface area contributed by atoms with Crippen LogP contribution < -0.4 is 0 Å². The van der Waals surface area contributed by atoms with Gasteiger partial charge < -0.3 is 9.84 Å². The normalized spacial score (nSPS) is 20.5. The van der Waals surface area contributed by atoms with E-state index in [0.717, 1.165) is 38.5 Å². The lowest BCUT2D eigenvalue weighted by Crippen LogP contribution is -2.42. The predicted molar refractivity (Wildman–Crippen MR) is 89.2 cm³/mol. The summed E-state index contributed by atoms with van der Waals surface area (Å²) in [6.07, 6.45) is 10.5. The van der Waals surface area contributed by atoms with Gasteiger partial charge in [0.25, 0.3) is 0 Å². The molecule has 0 amide bonds. The molecule has 0 saturated heterocycles. The van der Waals surface area contributed by atoms with Crippen molar-refractivity contribution < 1.29 is 29.2 Å². The lowest BCUT2D eigenvalue weighted by Gasteiger charge is -2.34. The predicted octanol–water partition coefficient (Wildman–Crippen LogP) is 4.36. The molecule has 0 bridgehead atoms. The topological polar surface area (TPSA) is 82.1 Å². The molecular weight excluding hydrogens is 312 g/mol. The fraction of sp³-hybridized carbons (Fsp3) is 0.889. The third kappa shape index (κ3) is 8.64. The van der Waals surface area contributed by atoms with Crippen molar-refractivity contribution in [1.29, 1.82) is 0 Å². The molecule has 6 nitrogen and oxygen atoms in total. The Bertz CT molecular complexity index is 387. The van der Waals surface area contributed by atoms with E-state index < -0.39 is 23.3 Å². The summed E-state index contributed by atoms with van der Waals surface area (Å²) in [5.41, 5.74) is -0.577. The standard InChI is InChI=1S/C18H32O6/c1-17(2,3)23-24-18(22-16(21)15(19)20)13-11-9-7-5-4-6-8-10-12-14-18/h4-14H2,1-3H3,(H,19,20). The maximum Gasteiger partial charge on any atom is 0.419 e. The van der Waals surface area contributed by atoms with Crippen molar-refractivity contribution in [2.45, 2.75) is 103 Å². The van der Waals surface area contributed by atoms with E-state index in [-0.39, 0.29) is 0 Å². The minimum atomic E-state index is -1.61. The van der Waals surface area contributed by atoms with Crippen LogP contribution in [0.3, 0.4) is 0 Å². The molecule has 0 aliphatic heterocycles. The second-order valence-corrected chi connectivity index (χ2v) is 7.57. The largest absolute Gasteiger partial charge is 0.473 e. The van der Waals surface area contributed by atoms with E-state index in [1.54, 1.807) is 0 Å². The van der Waals surface area contributed by atoms with Crippen molar-refractivity contribution in [2.75, 3.05) is 0 Å². The zero-order chi connectivity index (χ0) is 18.1. The van der Waals surface area contributed by atoms with Crippen LogP contribution in [0.5, 0.6) is 0 Å². The van der Waals surface area contributed by atoms with Gasteiger partial charge in [0.2, 0.25) is 5.79 Å². The summed E-state index contributed by atoms with van der Waals surface area (Å²) in [5.74, 6) is -4.22. The highest BCUT2D eigenvalue weighted by Crippen LogP contribution is 2.31. The quantitative estimate of drug-likeness (QED) is 0.269. The van der Waals surface area contributed by atoms with Gasteiger partial charge in [-0.3, -0.25) is 0 Å². The molecule has 1 rings (SSSR count). The number of rotatable bonds is 3. The fourth-order valence-electron chi connectivity index (χ4n) is 2.77. The Labute approximate surface area is 144 Å². The first-order valence-corrected chi connectivity index (χ1v) is 9.07. The second-order valence-electron chi connectivity index (χ2n) is 7.57. The molecule has 6 heteroatoms. The van der Waals surface area contributed by atoms with Gasteiger partial charge in [-0.2, -0.15) is 4.89 Å². The van der Waals surface area contributed by atoms with Crippen LogP contribution in [0.1, 0.15) is 91.4 Å². The summed E-state index contributed by atoms with van der Waals surface area (Å²) in [6.45, 7) is 5.49. The van der Waals surface area contributed by atoms with Crippen molar-refractivity contribution in [2.24, 2.45) is 0 Å². The second kappa shape index (κ2) is 9.99. The molecule has 1 aliphatic rings. The minimum absolute atomic E-state index is 0.447. The SMILES string of the molecule is CC(C)(C)OOC1(OC(=O)C(=O)O)CCCCCCCCCCC1. The van der Waals surface area contributed by atoms with Gasteiger partial charge in [0, 0.05) is 12.8 Å². The number of ether oxygens (including phenoxy) is 1. The zero-order valence-corrected chi connectivity index (χ0v) is 15.3. The summed E-state index contributed by atoms with van der Waals surface area (Å²) < 4.78 is 5.25. The number of hydrogen-bond acceptors (Lipinski definition) is 5. The van der Waals surface area contributed by atoms with E-state index >= 15 is 0 Å². The van der Waals surface area contributed by atoms with Gasteiger partial charge >= 0.3 is 11.9 Å². The molecule has 1 saturated carbocycles. The first kappa shape index (κ1) is 20.9. The molecule has 140 valence electrons. The highest BCUT2D eigenvalue weighted by atomic mass is 17.2. The van der Waals surface area contributed by atoms with Gasteiger partial charge in [-0.05, 0) is 33.6 Å². The molecule has 0 heterocycles. The summed E-state index contributed by atoms with van der Waals surface area (Å²) >= 11 is 0. The average molecular weight is 344 g/mol. The molecular formula is C18H32O6. The van der Waals surface area contributed by atoms with Crippen molar-refractivity contribution in [3.05, 3.63) is 0 Å². The Morgan fingerprint density at radius 2 is 1.25 bits per heavy atom. The summed E-state index contributed by atoms with van der Waals surface area (Å²) in [5, 5.41) is 8.89. The Morgan fingerprint density at radius 1 is 0.833 bits per heavy atom. The smallest absolute Gasteiger partial charge is 0.419 e. The monoisotopic (exact) mass is 344 g/mol. The molecule has 1 aliphatic carbocycles. The highest BCUT2D eigenvalue weighted by molar-refractivity contribution is 6.28. The zero-order valence-electron chi connectivity index (χ0n) is 15.3. The van der Waals surface area contributed by atoms with Crippen LogP contribution in [0.25, 0.3) is 0 Å². The number of carboxylic acids is 1. The Morgan fingerprint density at radius 3 is 1.62 bits per heavy atom. The van der Waals surface area contributed by atoms with E-state index in [4.69, 9.17) is 19.6 Å². The number of esters is 1. The molecule has 0 aromatic rings. The van der Waals surface area contributed by atoms with Crippen molar-refractivity contribution in [3.63, 3.8) is 0 Å². The van der Waals surface area contributed by atoms with Crippen LogP contribution in [-0.2, 0) is 24.1 Å². The number of carbonyl (C=O) groups excluding carboxylic acids is 1. The first-order valence-electron chi connectivity index (χ1n) is 9.07. The van der Waals surface area contributed by atoms with Crippen LogP contribution in [0.2, 0.25) is 0 Å². The highest BCUT2D eigenvalue weighted by Gasteiger charge is 2.39. The van der Waals surface area contributed by atoms with Gasteiger partial charge in [-0.1, -0.05) is 44.9 Å². The van der Waals surface area contributed by atoms with Crippen LogP contribution in [0, 0.1) is 0 Å². The Balaban J connectivity index is 2.84. The number of aliphatic carboxylic acids is 1. The first-order chi connectivity index (χ1) is 11.2. The maximum absolute atomic E-state index is 11.7. The van der Waals surface area contributed by atoms with Crippen LogP contribution >= 0.6 is 0 Å². The van der Waals surface area contributed by atoms with Gasteiger partial charge in [0.1, 0.15) is 0 Å². The summed E-state index contributed by atoms with van der Waals surface area (Å²) in [4.78, 5) is 33.5. The molecule has 24 heavy (non-hydrogen) atoms. The fourth-order valence-corrected chi connectivity index (χ4v) is 2.77. The van der Waals surface area contributed by atoms with Crippen molar-refractivity contribution in [1.82, 2.24) is 0 Å². The maximum atomic E-state index is 11.7. The van der Waals surface area contributed by atoms with Crippen LogP contribution in [0.4, 0.5) is 0 Å². The molecule has 1 N–H and O–H groups in total. The van der Waals surface area contributed by atoms with Gasteiger partial charge in [0.15, 0.2) is 0 Å². The summed E-state index contributed by atoms with van der Waals surface area (Å²) in [6, 6.07) is 0. The Hall–Kier alpha value is -1.14. The third-order valence-corrected chi connectivity index (χ3v) is 4.01. The minimum Gasteiger partial charge on any atom is -0.473 e. The molecule has 0 atom stereocenters. The van der Waals surface area contributed by atoms with E-state index in [2.05, 4.69) is 0 Å². The van der Waals surface area contributed by atoms with Gasteiger partial charge in [-0.15, -0.1) is 0 Å². The number of hydrogen-bond donors (Lipinski definition) is 1. The van der Waals surface area contributed by atoms with Crippen molar-refractivity contribution in [3.8, 4) is 0 Å². The lowest BCUT2D eigenvalue weighted by molar-refractivity contribution is -0.453. The molecule has 0 spiro atoms. The molecule has 0 unspecified atom stereocenters. The van der Waals surface area contributed by atoms with E-state index in [1.807, 2.05) is 20.8 Å². The van der Waals surface area contributed by atoms with E-state index in [1.165, 1.54) is 19.3 Å². The average Bonchev–Trinajstić information content (AvgIpc) is 2.47. The Kier molecular flexibility index (Phi) is 8.70. The summed E-state index contributed by atoms with van der Waals surface area (Å²) in [7, 11) is 0. The third-order valence-electron chi connectivity index (χ3n) is 4.01. The number of carbonyl (C=O) groups is 2. The van der Waals surface area contributed by atoms with E-state index in [9.17, 15) is 9.59 Å². The molecule has 1 fully saturated rings. The van der Waals surface area contributed by atoms with Gasteiger partial charge in [-0.25, -0.2) is 14.5 Å². The van der Waals surface area contributed by atoms with Crippen molar-refractivity contribution >= 4 is 11.9 Å². The molecule has 0 aromatic heterocycles.